The minimum Gasteiger partial charge on any atom is -0.460 e. The molecule has 0 aliphatic rings. The Hall–Kier alpha value is -2.86. The maximum atomic E-state index is 13.3. The molecule has 1 unspecified atom stereocenters. The van der Waals surface area contributed by atoms with Gasteiger partial charge in [-0.1, -0.05) is 31.5 Å². The Bertz CT molecular complexity index is 1050. The monoisotopic (exact) mass is 436 g/mol. The summed E-state index contributed by atoms with van der Waals surface area (Å²) >= 11 is 0. The number of hydrogen-bond donors (Lipinski definition) is 1. The van der Waals surface area contributed by atoms with Gasteiger partial charge in [-0.15, -0.1) is 0 Å². The third-order valence-corrected chi connectivity index (χ3v) is 5.90. The molecule has 1 aromatic carbocycles. The summed E-state index contributed by atoms with van der Waals surface area (Å²) in [4.78, 5) is 15.7. The fourth-order valence-corrected chi connectivity index (χ4v) is 3.99. The topological polar surface area (TPSA) is 63.3 Å². The second-order valence-corrected chi connectivity index (χ2v) is 8.57. The number of rotatable bonds is 10. The number of furan rings is 1. The molecule has 1 atom stereocenters. The van der Waals surface area contributed by atoms with Gasteiger partial charge in [0.05, 0.1) is 5.69 Å². The van der Waals surface area contributed by atoms with E-state index in [2.05, 4.69) is 44.0 Å². The fourth-order valence-electron chi connectivity index (χ4n) is 3.99. The number of aryl methyl sites for hydroxylation is 3. The second kappa shape index (κ2) is 10.6. The Morgan fingerprint density at radius 2 is 1.88 bits per heavy atom. The molecule has 3 rings (SSSR count). The molecule has 0 spiro atoms. The van der Waals surface area contributed by atoms with Crippen molar-refractivity contribution in [3.8, 4) is 17.1 Å². The quantitative estimate of drug-likeness (QED) is 0.469. The Kier molecular flexibility index (Phi) is 7.91. The summed E-state index contributed by atoms with van der Waals surface area (Å²) in [6, 6.07) is 11.8. The molecule has 6 heteroatoms. The van der Waals surface area contributed by atoms with Gasteiger partial charge in [0.1, 0.15) is 17.1 Å². The van der Waals surface area contributed by atoms with Gasteiger partial charge in [-0.05, 0) is 83.9 Å². The molecule has 172 valence electrons. The van der Waals surface area contributed by atoms with Crippen molar-refractivity contribution in [1.29, 1.82) is 0 Å². The van der Waals surface area contributed by atoms with Crippen LogP contribution in [0.4, 0.5) is 0 Å². The summed E-state index contributed by atoms with van der Waals surface area (Å²) in [7, 11) is 0. The first-order chi connectivity index (χ1) is 15.3. The molecule has 6 nitrogen and oxygen atoms in total. The van der Waals surface area contributed by atoms with Crippen LogP contribution in [0.25, 0.3) is 17.1 Å². The van der Waals surface area contributed by atoms with E-state index in [1.807, 2.05) is 44.2 Å². The lowest BCUT2D eigenvalue weighted by molar-refractivity contribution is 0.0929. The summed E-state index contributed by atoms with van der Waals surface area (Å²) in [6.07, 6.45) is 1.99. The fraction of sp³-hybridized carbons (Fsp3) is 0.462. The van der Waals surface area contributed by atoms with E-state index in [0.29, 0.717) is 17.1 Å². The number of nitrogens with one attached hydrogen (secondary N) is 1. The second-order valence-electron chi connectivity index (χ2n) is 8.57. The number of benzene rings is 1. The average molecular weight is 437 g/mol. The van der Waals surface area contributed by atoms with Crippen molar-refractivity contribution in [3.05, 3.63) is 59.0 Å². The Morgan fingerprint density at radius 3 is 2.50 bits per heavy atom. The first kappa shape index (κ1) is 23.8. The summed E-state index contributed by atoms with van der Waals surface area (Å²) in [5, 5.41) is 7.91. The van der Waals surface area contributed by atoms with Crippen LogP contribution >= 0.6 is 0 Å². The Balaban J connectivity index is 1.83. The van der Waals surface area contributed by atoms with Crippen LogP contribution in [0.15, 0.2) is 40.8 Å². The molecule has 0 bridgehead atoms. The zero-order chi connectivity index (χ0) is 23.3. The normalized spacial score (nSPS) is 12.3. The van der Waals surface area contributed by atoms with Crippen molar-refractivity contribution in [2.24, 2.45) is 0 Å². The van der Waals surface area contributed by atoms with E-state index in [1.165, 1.54) is 5.56 Å². The predicted molar refractivity (Wildman–Crippen MR) is 129 cm³/mol. The van der Waals surface area contributed by atoms with Crippen molar-refractivity contribution in [1.82, 2.24) is 20.0 Å². The first-order valence-electron chi connectivity index (χ1n) is 11.6. The van der Waals surface area contributed by atoms with Crippen molar-refractivity contribution in [3.63, 3.8) is 0 Å². The zero-order valence-electron chi connectivity index (χ0n) is 20.2. The summed E-state index contributed by atoms with van der Waals surface area (Å²) in [5.74, 6) is 1.35. The lowest BCUT2D eigenvalue weighted by Crippen LogP contribution is -2.34. The van der Waals surface area contributed by atoms with Gasteiger partial charge >= 0.3 is 0 Å². The SMILES string of the molecule is CCN(CC)CCCC(C)NC(=O)c1cc(-c2ccc(C)o2)nn1-c1ccc(C)cc1C. The largest absolute Gasteiger partial charge is 0.460 e. The number of aromatic nitrogens is 2. The van der Waals surface area contributed by atoms with Crippen molar-refractivity contribution < 1.29 is 9.21 Å². The Morgan fingerprint density at radius 1 is 1.12 bits per heavy atom. The molecular formula is C26H36N4O2. The molecule has 0 saturated heterocycles. The van der Waals surface area contributed by atoms with Gasteiger partial charge in [0, 0.05) is 12.1 Å². The molecule has 0 fully saturated rings. The molecule has 0 aliphatic carbocycles. The van der Waals surface area contributed by atoms with E-state index in [-0.39, 0.29) is 11.9 Å². The van der Waals surface area contributed by atoms with Gasteiger partial charge in [0.2, 0.25) is 0 Å². The Labute approximate surface area is 191 Å². The van der Waals surface area contributed by atoms with Crippen LogP contribution in [0.3, 0.4) is 0 Å². The zero-order valence-corrected chi connectivity index (χ0v) is 20.2. The average Bonchev–Trinajstić information content (AvgIpc) is 3.38. The number of nitrogens with zero attached hydrogens (tertiary/aromatic N) is 3. The highest BCUT2D eigenvalue weighted by Gasteiger charge is 2.21. The van der Waals surface area contributed by atoms with Crippen LogP contribution in [0.1, 0.15) is 61.0 Å². The molecule has 0 radical (unpaired) electrons. The van der Waals surface area contributed by atoms with E-state index >= 15 is 0 Å². The minimum atomic E-state index is -0.123. The highest BCUT2D eigenvalue weighted by molar-refractivity contribution is 5.94. The van der Waals surface area contributed by atoms with E-state index in [1.54, 1.807) is 4.68 Å². The van der Waals surface area contributed by atoms with Gasteiger partial charge in [0.25, 0.3) is 5.91 Å². The predicted octanol–water partition coefficient (Wildman–Crippen LogP) is 5.30. The number of carbonyl (C=O) groups excluding carboxylic acids is 1. The molecule has 2 aromatic heterocycles. The van der Waals surface area contributed by atoms with E-state index in [9.17, 15) is 4.79 Å². The highest BCUT2D eigenvalue weighted by atomic mass is 16.3. The standard InChI is InChI=1S/C26H36N4O2/c1-7-29(8-2)15-9-10-20(5)27-26(31)24-17-22(25-14-12-21(6)32-25)28-30(24)23-13-11-18(3)16-19(23)4/h11-14,16-17,20H,7-10,15H2,1-6H3,(H,27,31). The summed E-state index contributed by atoms with van der Waals surface area (Å²) in [6.45, 7) is 15.6. The summed E-state index contributed by atoms with van der Waals surface area (Å²) in [5.41, 5.74) is 4.29. The maximum Gasteiger partial charge on any atom is 0.270 e. The van der Waals surface area contributed by atoms with Crippen LogP contribution in [-0.4, -0.2) is 46.3 Å². The molecule has 32 heavy (non-hydrogen) atoms. The van der Waals surface area contributed by atoms with Crippen molar-refractivity contribution in [2.45, 2.75) is 60.4 Å². The van der Waals surface area contributed by atoms with Gasteiger partial charge < -0.3 is 14.6 Å². The third kappa shape index (κ3) is 5.68. The van der Waals surface area contributed by atoms with Crippen LogP contribution < -0.4 is 5.32 Å². The molecule has 3 aromatic rings. The minimum absolute atomic E-state index is 0.0786. The maximum absolute atomic E-state index is 13.3. The van der Waals surface area contributed by atoms with Crippen LogP contribution in [-0.2, 0) is 0 Å². The van der Waals surface area contributed by atoms with Crippen LogP contribution in [0.2, 0.25) is 0 Å². The lowest BCUT2D eigenvalue weighted by atomic mass is 10.1. The first-order valence-corrected chi connectivity index (χ1v) is 11.6. The van der Waals surface area contributed by atoms with Crippen molar-refractivity contribution >= 4 is 5.91 Å². The van der Waals surface area contributed by atoms with Crippen molar-refractivity contribution in [2.75, 3.05) is 19.6 Å². The van der Waals surface area contributed by atoms with E-state index < -0.39 is 0 Å². The van der Waals surface area contributed by atoms with Gasteiger partial charge in [-0.25, -0.2) is 4.68 Å². The molecule has 1 N–H and O–H groups in total. The van der Waals surface area contributed by atoms with E-state index in [0.717, 1.165) is 49.5 Å². The van der Waals surface area contributed by atoms with Gasteiger partial charge in [0.15, 0.2) is 5.76 Å². The van der Waals surface area contributed by atoms with Gasteiger partial charge in [-0.3, -0.25) is 4.79 Å². The van der Waals surface area contributed by atoms with Crippen LogP contribution in [0.5, 0.6) is 0 Å². The third-order valence-electron chi connectivity index (χ3n) is 5.90. The molecule has 2 heterocycles. The lowest BCUT2D eigenvalue weighted by Gasteiger charge is -2.20. The number of hydrogen-bond acceptors (Lipinski definition) is 4. The molecule has 0 saturated carbocycles. The van der Waals surface area contributed by atoms with Crippen LogP contribution in [0, 0.1) is 20.8 Å². The van der Waals surface area contributed by atoms with Gasteiger partial charge in [-0.2, -0.15) is 5.10 Å². The smallest absolute Gasteiger partial charge is 0.270 e. The number of carbonyl (C=O) groups is 1. The number of amides is 1. The molecule has 0 aliphatic heterocycles. The molecule has 1 amide bonds. The highest BCUT2D eigenvalue weighted by Crippen LogP contribution is 2.25. The summed E-state index contributed by atoms with van der Waals surface area (Å²) < 4.78 is 7.50. The molecular weight excluding hydrogens is 400 g/mol. The van der Waals surface area contributed by atoms with E-state index in [4.69, 9.17) is 9.52 Å².